The van der Waals surface area contributed by atoms with Crippen LogP contribution in [-0.4, -0.2) is 88.3 Å². The quantitative estimate of drug-likeness (QED) is 0.391. The number of fused-ring (bicyclic) bond motifs is 2. The Bertz CT molecular complexity index is 1580. The van der Waals surface area contributed by atoms with Crippen LogP contribution < -0.4 is 9.64 Å². The Morgan fingerprint density at radius 2 is 1.65 bits per heavy atom. The summed E-state index contributed by atoms with van der Waals surface area (Å²) in [5, 5.41) is 10.9. The standard InChI is InChI=1S/C39H49N3O6/c1-7-47-29-18-16-27(17-19-29)40-21-11-15-30-31(34(40)44)32-35(45)42(28(24-43)23-26-13-9-8-10-14-26)33-36(46)41(22-12-20-39(32,33)48-30)38(5,6)25-37(2,3)4/h8-20,28,30-33,43H,7,21-25H2,1-6H3/t28-,30+,31-,32+,33?,39+/m1/s1. The van der Waals surface area contributed by atoms with E-state index in [1.165, 1.54) is 0 Å². The zero-order chi connectivity index (χ0) is 34.4. The van der Waals surface area contributed by atoms with Crippen molar-refractivity contribution in [3.05, 3.63) is 84.5 Å². The van der Waals surface area contributed by atoms with Crippen LogP contribution in [0.2, 0.25) is 0 Å². The van der Waals surface area contributed by atoms with Gasteiger partial charge in [-0.3, -0.25) is 14.4 Å². The number of ether oxygens (including phenoxy) is 2. The van der Waals surface area contributed by atoms with E-state index >= 15 is 4.79 Å². The molecule has 4 heterocycles. The van der Waals surface area contributed by atoms with Gasteiger partial charge in [0.1, 0.15) is 17.4 Å². The summed E-state index contributed by atoms with van der Waals surface area (Å²) in [5.74, 6) is -1.91. The van der Waals surface area contributed by atoms with Gasteiger partial charge in [-0.15, -0.1) is 0 Å². The highest BCUT2D eigenvalue weighted by atomic mass is 16.5. The average Bonchev–Trinajstić information content (AvgIpc) is 3.34. The molecule has 0 bridgehead atoms. The molecule has 6 rings (SSSR count). The predicted molar refractivity (Wildman–Crippen MR) is 184 cm³/mol. The Balaban J connectivity index is 1.44. The second-order valence-electron chi connectivity index (χ2n) is 15.3. The molecule has 6 atom stereocenters. The van der Waals surface area contributed by atoms with Crippen LogP contribution in [-0.2, 0) is 25.5 Å². The van der Waals surface area contributed by atoms with Gasteiger partial charge in [0.25, 0.3) is 0 Å². The van der Waals surface area contributed by atoms with Gasteiger partial charge in [-0.05, 0) is 68.9 Å². The molecule has 0 radical (unpaired) electrons. The van der Waals surface area contributed by atoms with E-state index in [-0.39, 0.29) is 29.7 Å². The first kappa shape index (κ1) is 33.9. The Morgan fingerprint density at radius 3 is 2.29 bits per heavy atom. The van der Waals surface area contributed by atoms with E-state index in [0.717, 1.165) is 12.0 Å². The lowest BCUT2D eigenvalue weighted by Gasteiger charge is -2.45. The summed E-state index contributed by atoms with van der Waals surface area (Å²) in [6.45, 7) is 13.4. The summed E-state index contributed by atoms with van der Waals surface area (Å²) in [6, 6.07) is 15.3. The number of anilines is 1. The predicted octanol–water partition coefficient (Wildman–Crippen LogP) is 4.79. The fraction of sp³-hybridized carbons (Fsp3) is 0.513. The molecule has 2 fully saturated rings. The van der Waals surface area contributed by atoms with Crippen LogP contribution in [0.5, 0.6) is 5.75 Å². The van der Waals surface area contributed by atoms with Gasteiger partial charge in [0.2, 0.25) is 17.7 Å². The minimum absolute atomic E-state index is 0.0647. The zero-order valence-corrected chi connectivity index (χ0v) is 29.0. The van der Waals surface area contributed by atoms with Crippen molar-refractivity contribution < 1.29 is 29.0 Å². The first-order chi connectivity index (χ1) is 22.8. The molecule has 9 heteroatoms. The molecule has 4 aliphatic heterocycles. The first-order valence-corrected chi connectivity index (χ1v) is 17.2. The van der Waals surface area contributed by atoms with Crippen LogP contribution in [0, 0.1) is 17.3 Å². The average molecular weight is 656 g/mol. The molecule has 0 aromatic heterocycles. The molecule has 1 N–H and O–H groups in total. The minimum atomic E-state index is -1.39. The molecule has 2 saturated heterocycles. The normalized spacial score (nSPS) is 27.8. The number of carbonyl (C=O) groups excluding carboxylic acids is 3. The molecule has 1 spiro atoms. The molecular formula is C39H49N3O6. The number of likely N-dealkylation sites (tertiary alicyclic amines) is 1. The Labute approximate surface area is 284 Å². The highest BCUT2D eigenvalue weighted by molar-refractivity contribution is 6.04. The number of aliphatic hydroxyl groups excluding tert-OH is 1. The van der Waals surface area contributed by atoms with Crippen molar-refractivity contribution in [3.8, 4) is 5.75 Å². The van der Waals surface area contributed by atoms with Crippen LogP contribution in [0.4, 0.5) is 5.69 Å². The van der Waals surface area contributed by atoms with Crippen LogP contribution in [0.25, 0.3) is 0 Å². The van der Waals surface area contributed by atoms with E-state index in [1.807, 2.05) is 90.7 Å². The third-order valence-corrected chi connectivity index (χ3v) is 10.2. The van der Waals surface area contributed by atoms with Crippen molar-refractivity contribution in [1.82, 2.24) is 9.80 Å². The van der Waals surface area contributed by atoms with Crippen molar-refractivity contribution in [2.45, 2.75) is 83.7 Å². The highest BCUT2D eigenvalue weighted by Crippen LogP contribution is 2.55. The van der Waals surface area contributed by atoms with Crippen molar-refractivity contribution in [2.75, 3.05) is 31.2 Å². The second kappa shape index (κ2) is 12.8. The summed E-state index contributed by atoms with van der Waals surface area (Å²) >= 11 is 0. The number of hydrogen-bond acceptors (Lipinski definition) is 6. The van der Waals surface area contributed by atoms with Gasteiger partial charge in [-0.2, -0.15) is 0 Å². The van der Waals surface area contributed by atoms with Gasteiger partial charge in [-0.25, -0.2) is 0 Å². The molecule has 0 aliphatic carbocycles. The lowest BCUT2D eigenvalue weighted by molar-refractivity contribution is -0.154. The number of hydrogen-bond donors (Lipinski definition) is 1. The first-order valence-electron chi connectivity index (χ1n) is 17.2. The monoisotopic (exact) mass is 655 g/mol. The smallest absolute Gasteiger partial charge is 0.249 e. The van der Waals surface area contributed by atoms with Crippen molar-refractivity contribution >= 4 is 23.4 Å². The lowest BCUT2D eigenvalue weighted by Crippen LogP contribution is -2.62. The molecule has 48 heavy (non-hydrogen) atoms. The third kappa shape index (κ3) is 5.96. The summed E-state index contributed by atoms with van der Waals surface area (Å²) < 4.78 is 12.5. The molecule has 2 aromatic rings. The van der Waals surface area contributed by atoms with Crippen LogP contribution in [0.15, 0.2) is 78.9 Å². The fourth-order valence-corrected chi connectivity index (χ4v) is 8.67. The number of rotatable bonds is 9. The van der Waals surface area contributed by atoms with Gasteiger partial charge in [-0.1, -0.05) is 75.4 Å². The summed E-state index contributed by atoms with van der Waals surface area (Å²) in [7, 11) is 0. The van der Waals surface area contributed by atoms with Crippen molar-refractivity contribution in [1.29, 1.82) is 0 Å². The maximum atomic E-state index is 15.1. The number of aliphatic hydroxyl groups is 1. The topological polar surface area (TPSA) is 99.6 Å². The van der Waals surface area contributed by atoms with E-state index in [0.29, 0.717) is 37.6 Å². The van der Waals surface area contributed by atoms with Crippen LogP contribution >= 0.6 is 0 Å². The molecule has 0 saturated carbocycles. The highest BCUT2D eigenvalue weighted by Gasteiger charge is 2.73. The van der Waals surface area contributed by atoms with Crippen LogP contribution in [0.1, 0.15) is 53.5 Å². The van der Waals surface area contributed by atoms with Crippen molar-refractivity contribution in [3.63, 3.8) is 0 Å². The van der Waals surface area contributed by atoms with E-state index in [1.54, 1.807) is 9.80 Å². The van der Waals surface area contributed by atoms with Crippen molar-refractivity contribution in [2.24, 2.45) is 17.3 Å². The molecule has 9 nitrogen and oxygen atoms in total. The van der Waals surface area contributed by atoms with Gasteiger partial charge >= 0.3 is 0 Å². The molecule has 2 aromatic carbocycles. The molecule has 256 valence electrons. The number of carbonyl (C=O) groups is 3. The Hall–Kier alpha value is -3.95. The second-order valence-corrected chi connectivity index (χ2v) is 15.3. The van der Waals surface area contributed by atoms with Gasteiger partial charge in [0.15, 0.2) is 0 Å². The number of nitrogens with zero attached hydrogens (tertiary/aromatic N) is 3. The maximum absolute atomic E-state index is 15.1. The molecule has 3 amide bonds. The summed E-state index contributed by atoms with van der Waals surface area (Å²) in [6.07, 6.45) is 7.97. The van der Waals surface area contributed by atoms with E-state index < -0.39 is 41.2 Å². The zero-order valence-electron chi connectivity index (χ0n) is 29.0. The summed E-state index contributed by atoms with van der Waals surface area (Å²) in [4.78, 5) is 49.7. The van der Waals surface area contributed by atoms with Crippen LogP contribution in [0.3, 0.4) is 0 Å². The SMILES string of the molecule is CCOc1ccc(N2CC=C[C@@H]3O[C@]45C=CCN(C(C)(C)CC(C)(C)C)C(=O)C4N([C@@H](CO)Cc4ccccc4)C(=O)[C@@H]5[C@@H]3C2=O)cc1. The molecular weight excluding hydrogens is 606 g/mol. The van der Waals surface area contributed by atoms with Gasteiger partial charge in [0.05, 0.1) is 37.2 Å². The van der Waals surface area contributed by atoms with E-state index in [2.05, 4.69) is 34.6 Å². The minimum Gasteiger partial charge on any atom is -0.494 e. The van der Waals surface area contributed by atoms with Gasteiger partial charge in [0, 0.05) is 24.3 Å². The van der Waals surface area contributed by atoms with Gasteiger partial charge < -0.3 is 29.3 Å². The molecule has 1 unspecified atom stereocenters. The number of amides is 3. The third-order valence-electron chi connectivity index (χ3n) is 10.2. The molecule has 4 aliphatic rings. The Morgan fingerprint density at radius 1 is 0.938 bits per heavy atom. The fourth-order valence-electron chi connectivity index (χ4n) is 8.67. The summed E-state index contributed by atoms with van der Waals surface area (Å²) in [5.41, 5.74) is -0.374. The van der Waals surface area contributed by atoms with E-state index in [9.17, 15) is 14.7 Å². The lowest BCUT2D eigenvalue weighted by atomic mass is 9.77. The largest absolute Gasteiger partial charge is 0.494 e. The number of benzene rings is 2. The van der Waals surface area contributed by atoms with E-state index in [4.69, 9.17) is 9.47 Å². The Kier molecular flexibility index (Phi) is 9.06. The maximum Gasteiger partial charge on any atom is 0.249 e.